The van der Waals surface area contributed by atoms with Crippen LogP contribution in [0.4, 0.5) is 5.82 Å². The molecule has 0 bridgehead atoms. The van der Waals surface area contributed by atoms with Gasteiger partial charge in [-0.25, -0.2) is 4.98 Å². The third-order valence-corrected chi connectivity index (χ3v) is 2.41. The van der Waals surface area contributed by atoms with Crippen LogP contribution in [-0.4, -0.2) is 15.9 Å². The van der Waals surface area contributed by atoms with Gasteiger partial charge in [0.1, 0.15) is 0 Å². The summed E-state index contributed by atoms with van der Waals surface area (Å²) in [6.45, 7) is 0. The van der Waals surface area contributed by atoms with Gasteiger partial charge in [-0.2, -0.15) is 0 Å². The molecular weight excluding hydrogens is 238 g/mol. The molecule has 86 valence electrons. The van der Waals surface area contributed by atoms with E-state index in [0.717, 1.165) is 5.56 Å². The first-order valence-corrected chi connectivity index (χ1v) is 5.43. The SMILES string of the molecule is O=C(Cc1cccnc1)Nc1ncccc1Cl. The molecule has 0 fully saturated rings. The molecule has 0 spiro atoms. The third-order valence-electron chi connectivity index (χ3n) is 2.10. The number of aromatic nitrogens is 2. The summed E-state index contributed by atoms with van der Waals surface area (Å²) in [5.74, 6) is 0.210. The van der Waals surface area contributed by atoms with Gasteiger partial charge in [0, 0.05) is 18.6 Å². The van der Waals surface area contributed by atoms with E-state index in [2.05, 4.69) is 15.3 Å². The predicted molar refractivity (Wildman–Crippen MR) is 65.8 cm³/mol. The van der Waals surface area contributed by atoms with Gasteiger partial charge in [-0.3, -0.25) is 9.78 Å². The number of anilines is 1. The molecule has 0 aromatic carbocycles. The van der Waals surface area contributed by atoms with E-state index in [1.807, 2.05) is 6.07 Å². The lowest BCUT2D eigenvalue weighted by Crippen LogP contribution is -2.15. The van der Waals surface area contributed by atoms with E-state index >= 15 is 0 Å². The molecule has 0 radical (unpaired) electrons. The second kappa shape index (κ2) is 5.41. The Morgan fingerprint density at radius 2 is 2.12 bits per heavy atom. The first-order valence-electron chi connectivity index (χ1n) is 5.05. The Morgan fingerprint density at radius 1 is 1.29 bits per heavy atom. The molecule has 2 aromatic rings. The molecule has 2 heterocycles. The van der Waals surface area contributed by atoms with Crippen LogP contribution >= 0.6 is 11.6 Å². The van der Waals surface area contributed by atoms with Gasteiger partial charge in [0.05, 0.1) is 11.4 Å². The van der Waals surface area contributed by atoms with Crippen molar-refractivity contribution in [2.45, 2.75) is 6.42 Å². The van der Waals surface area contributed by atoms with Crippen molar-refractivity contribution in [1.82, 2.24) is 9.97 Å². The number of pyridine rings is 2. The maximum absolute atomic E-state index is 11.7. The molecule has 0 aliphatic rings. The minimum absolute atomic E-state index is 0.168. The standard InChI is InChI=1S/C12H10ClN3O/c13-10-4-2-6-15-12(10)16-11(17)7-9-3-1-5-14-8-9/h1-6,8H,7H2,(H,15,16,17). The number of rotatable bonds is 3. The van der Waals surface area contributed by atoms with E-state index < -0.39 is 0 Å². The lowest BCUT2D eigenvalue weighted by atomic mass is 10.2. The highest BCUT2D eigenvalue weighted by atomic mass is 35.5. The molecule has 2 rings (SSSR count). The zero-order chi connectivity index (χ0) is 12.1. The van der Waals surface area contributed by atoms with Crippen molar-refractivity contribution in [2.75, 3.05) is 5.32 Å². The molecule has 0 saturated carbocycles. The van der Waals surface area contributed by atoms with E-state index in [0.29, 0.717) is 10.8 Å². The van der Waals surface area contributed by atoms with Crippen molar-refractivity contribution < 1.29 is 4.79 Å². The number of halogens is 1. The number of nitrogens with zero attached hydrogens (tertiary/aromatic N) is 2. The molecule has 5 heteroatoms. The fraction of sp³-hybridized carbons (Fsp3) is 0.0833. The Kier molecular flexibility index (Phi) is 3.67. The maximum Gasteiger partial charge on any atom is 0.230 e. The quantitative estimate of drug-likeness (QED) is 0.906. The molecule has 0 unspecified atom stereocenters. The average Bonchev–Trinajstić information content (AvgIpc) is 2.33. The Bertz CT molecular complexity index is 516. The van der Waals surface area contributed by atoms with Crippen LogP contribution in [0.1, 0.15) is 5.56 Å². The third kappa shape index (κ3) is 3.26. The predicted octanol–water partition coefficient (Wildman–Crippen LogP) is 2.31. The lowest BCUT2D eigenvalue weighted by Gasteiger charge is -2.05. The summed E-state index contributed by atoms with van der Waals surface area (Å²) in [6.07, 6.45) is 5.14. The minimum Gasteiger partial charge on any atom is -0.309 e. The molecule has 0 atom stereocenters. The van der Waals surface area contributed by atoms with Crippen molar-refractivity contribution >= 4 is 23.3 Å². The largest absolute Gasteiger partial charge is 0.309 e. The average molecular weight is 248 g/mol. The molecule has 1 amide bonds. The number of hydrogen-bond acceptors (Lipinski definition) is 3. The van der Waals surface area contributed by atoms with Crippen LogP contribution in [0.25, 0.3) is 0 Å². The van der Waals surface area contributed by atoms with Crippen LogP contribution in [0, 0.1) is 0 Å². The van der Waals surface area contributed by atoms with Gasteiger partial charge >= 0.3 is 0 Å². The van der Waals surface area contributed by atoms with Gasteiger partial charge in [-0.05, 0) is 23.8 Å². The molecule has 4 nitrogen and oxygen atoms in total. The molecular formula is C12H10ClN3O. The van der Waals surface area contributed by atoms with Gasteiger partial charge in [-0.15, -0.1) is 0 Å². The number of carbonyl (C=O) groups excluding carboxylic acids is 1. The summed E-state index contributed by atoms with van der Waals surface area (Å²) in [7, 11) is 0. The molecule has 1 N–H and O–H groups in total. The second-order valence-electron chi connectivity index (χ2n) is 3.42. The highest BCUT2D eigenvalue weighted by Gasteiger charge is 2.07. The zero-order valence-corrected chi connectivity index (χ0v) is 9.69. The first-order chi connectivity index (χ1) is 8.25. The first kappa shape index (κ1) is 11.5. The summed E-state index contributed by atoms with van der Waals surface area (Å²) >= 11 is 5.88. The summed E-state index contributed by atoms with van der Waals surface area (Å²) in [4.78, 5) is 19.6. The fourth-order valence-electron chi connectivity index (χ4n) is 1.34. The number of amides is 1. The number of carbonyl (C=O) groups is 1. The van der Waals surface area contributed by atoms with E-state index in [4.69, 9.17) is 11.6 Å². The lowest BCUT2D eigenvalue weighted by molar-refractivity contribution is -0.115. The smallest absolute Gasteiger partial charge is 0.230 e. The van der Waals surface area contributed by atoms with Crippen molar-refractivity contribution in [3.05, 3.63) is 53.4 Å². The van der Waals surface area contributed by atoms with Crippen LogP contribution in [0.2, 0.25) is 5.02 Å². The van der Waals surface area contributed by atoms with Gasteiger partial charge < -0.3 is 5.32 Å². The van der Waals surface area contributed by atoms with Crippen molar-refractivity contribution in [2.24, 2.45) is 0 Å². The summed E-state index contributed by atoms with van der Waals surface area (Å²) < 4.78 is 0. The topological polar surface area (TPSA) is 54.9 Å². The number of nitrogens with one attached hydrogen (secondary N) is 1. The van der Waals surface area contributed by atoms with Crippen LogP contribution in [0.3, 0.4) is 0 Å². The van der Waals surface area contributed by atoms with Crippen molar-refractivity contribution in [1.29, 1.82) is 0 Å². The second-order valence-corrected chi connectivity index (χ2v) is 3.83. The van der Waals surface area contributed by atoms with Crippen LogP contribution in [0.15, 0.2) is 42.9 Å². The molecule has 17 heavy (non-hydrogen) atoms. The van der Waals surface area contributed by atoms with Crippen LogP contribution in [0.5, 0.6) is 0 Å². The molecule has 0 aliphatic carbocycles. The van der Waals surface area contributed by atoms with E-state index in [9.17, 15) is 4.79 Å². The summed E-state index contributed by atoms with van der Waals surface area (Å²) in [5.41, 5.74) is 0.844. The summed E-state index contributed by atoms with van der Waals surface area (Å²) in [6, 6.07) is 7.01. The molecule has 0 aliphatic heterocycles. The van der Waals surface area contributed by atoms with E-state index in [1.54, 1.807) is 36.8 Å². The normalized spacial score (nSPS) is 9.94. The fourth-order valence-corrected chi connectivity index (χ4v) is 1.51. The highest BCUT2D eigenvalue weighted by molar-refractivity contribution is 6.33. The van der Waals surface area contributed by atoms with Crippen molar-refractivity contribution in [3.8, 4) is 0 Å². The highest BCUT2D eigenvalue weighted by Crippen LogP contribution is 2.17. The van der Waals surface area contributed by atoms with Gasteiger partial charge in [0.2, 0.25) is 5.91 Å². The minimum atomic E-state index is -0.168. The van der Waals surface area contributed by atoms with Crippen molar-refractivity contribution in [3.63, 3.8) is 0 Å². The van der Waals surface area contributed by atoms with Crippen LogP contribution in [-0.2, 0) is 11.2 Å². The van der Waals surface area contributed by atoms with Crippen LogP contribution < -0.4 is 5.32 Å². The number of hydrogen-bond donors (Lipinski definition) is 1. The Balaban J connectivity index is 2.01. The molecule has 2 aromatic heterocycles. The molecule has 0 saturated heterocycles. The Morgan fingerprint density at radius 3 is 2.82 bits per heavy atom. The zero-order valence-electron chi connectivity index (χ0n) is 8.93. The van der Waals surface area contributed by atoms with Gasteiger partial charge in [-0.1, -0.05) is 17.7 Å². The van der Waals surface area contributed by atoms with E-state index in [1.165, 1.54) is 0 Å². The maximum atomic E-state index is 11.7. The summed E-state index contributed by atoms with van der Waals surface area (Å²) in [5, 5.41) is 3.07. The Labute approximate surface area is 104 Å². The van der Waals surface area contributed by atoms with Gasteiger partial charge in [0.15, 0.2) is 5.82 Å². The van der Waals surface area contributed by atoms with Gasteiger partial charge in [0.25, 0.3) is 0 Å². The Hall–Kier alpha value is -1.94. The monoisotopic (exact) mass is 247 g/mol. The van der Waals surface area contributed by atoms with E-state index in [-0.39, 0.29) is 12.3 Å².